The van der Waals surface area contributed by atoms with Crippen LogP contribution in [-0.2, 0) is 6.18 Å². The van der Waals surface area contributed by atoms with Gasteiger partial charge in [0.05, 0.1) is 11.3 Å². The molecule has 6 nitrogen and oxygen atoms in total. The predicted molar refractivity (Wildman–Crippen MR) is 109 cm³/mol. The minimum atomic E-state index is -4.69. The van der Waals surface area contributed by atoms with Gasteiger partial charge < -0.3 is 16.2 Å². The summed E-state index contributed by atoms with van der Waals surface area (Å²) in [6.45, 7) is 0. The molecule has 0 saturated heterocycles. The number of aliphatic imine (C=N–C) groups is 2. The van der Waals surface area contributed by atoms with Crippen molar-refractivity contribution in [3.63, 3.8) is 0 Å². The van der Waals surface area contributed by atoms with Gasteiger partial charge in [0.25, 0.3) is 0 Å². The Morgan fingerprint density at radius 1 is 0.935 bits per heavy atom. The average Bonchev–Trinajstić information content (AvgIpc) is 2.70. The standard InChI is InChI=1S/C21H21F4N5O/c22-13-4-6-14(7-5-13)31-15-8-9-17(16(12-15)21(23,24)25)30-19(27)28-18(26)29-20(30)10-2-1-3-11-20/h4-9,12H,1-3,10-11H2,(H4,26,27,28,29). The molecule has 2 aromatic rings. The lowest BCUT2D eigenvalue weighted by Gasteiger charge is -2.46. The van der Waals surface area contributed by atoms with Crippen molar-refractivity contribution in [3.05, 3.63) is 53.8 Å². The minimum Gasteiger partial charge on any atom is -0.457 e. The van der Waals surface area contributed by atoms with Crippen LogP contribution in [0.5, 0.6) is 11.5 Å². The fraction of sp³-hybridized carbons (Fsp3) is 0.333. The number of hydrogen-bond donors (Lipinski definition) is 2. The van der Waals surface area contributed by atoms with Crippen LogP contribution in [0.25, 0.3) is 0 Å². The smallest absolute Gasteiger partial charge is 0.418 e. The Bertz CT molecular complexity index is 1030. The van der Waals surface area contributed by atoms with E-state index in [4.69, 9.17) is 16.2 Å². The molecule has 0 bridgehead atoms. The summed E-state index contributed by atoms with van der Waals surface area (Å²) in [5, 5.41) is 0. The van der Waals surface area contributed by atoms with Gasteiger partial charge in [-0.05, 0) is 68.1 Å². The van der Waals surface area contributed by atoms with E-state index in [1.54, 1.807) is 0 Å². The molecule has 31 heavy (non-hydrogen) atoms. The summed E-state index contributed by atoms with van der Waals surface area (Å²) in [6.07, 6.45) is -1.15. The van der Waals surface area contributed by atoms with Gasteiger partial charge in [-0.3, -0.25) is 4.90 Å². The van der Waals surface area contributed by atoms with E-state index in [0.717, 1.165) is 37.5 Å². The van der Waals surface area contributed by atoms with Gasteiger partial charge >= 0.3 is 6.18 Å². The number of anilines is 1. The Morgan fingerprint density at radius 2 is 1.58 bits per heavy atom. The summed E-state index contributed by atoms with van der Waals surface area (Å²) in [7, 11) is 0. The summed E-state index contributed by atoms with van der Waals surface area (Å²) in [5.74, 6) is -0.484. The molecule has 2 aromatic carbocycles. The molecule has 1 saturated carbocycles. The highest BCUT2D eigenvalue weighted by molar-refractivity contribution is 6.06. The molecule has 164 valence electrons. The van der Waals surface area contributed by atoms with E-state index in [-0.39, 0.29) is 29.1 Å². The van der Waals surface area contributed by atoms with Gasteiger partial charge in [-0.1, -0.05) is 6.42 Å². The maximum absolute atomic E-state index is 14.1. The second-order valence-corrected chi connectivity index (χ2v) is 7.55. The minimum absolute atomic E-state index is 0.0412. The van der Waals surface area contributed by atoms with E-state index in [1.165, 1.54) is 29.2 Å². The highest BCUT2D eigenvalue weighted by Crippen LogP contribution is 2.45. The van der Waals surface area contributed by atoms with Crippen LogP contribution in [0, 0.1) is 5.82 Å². The zero-order valence-corrected chi connectivity index (χ0v) is 16.5. The molecule has 0 unspecified atom stereocenters. The van der Waals surface area contributed by atoms with Crippen LogP contribution in [0.4, 0.5) is 23.2 Å². The summed E-state index contributed by atoms with van der Waals surface area (Å²) >= 11 is 0. The van der Waals surface area contributed by atoms with Crippen molar-refractivity contribution in [1.82, 2.24) is 0 Å². The SMILES string of the molecule is NC1=NC2(CCCCC2)N(c2ccc(Oc3ccc(F)cc3)cc2C(F)(F)F)C(N)=N1. The van der Waals surface area contributed by atoms with Crippen molar-refractivity contribution in [1.29, 1.82) is 0 Å². The van der Waals surface area contributed by atoms with Gasteiger partial charge in [0.1, 0.15) is 23.0 Å². The first-order valence-corrected chi connectivity index (χ1v) is 9.82. The van der Waals surface area contributed by atoms with E-state index in [9.17, 15) is 17.6 Å². The quantitative estimate of drug-likeness (QED) is 0.681. The van der Waals surface area contributed by atoms with Gasteiger partial charge in [-0.2, -0.15) is 18.2 Å². The summed E-state index contributed by atoms with van der Waals surface area (Å²) in [4.78, 5) is 9.69. The largest absolute Gasteiger partial charge is 0.457 e. The lowest BCUT2D eigenvalue weighted by atomic mass is 9.87. The molecule has 1 heterocycles. The zero-order valence-electron chi connectivity index (χ0n) is 16.5. The molecule has 0 amide bonds. The van der Waals surface area contributed by atoms with Gasteiger partial charge in [0, 0.05) is 0 Å². The molecule has 1 fully saturated rings. The topological polar surface area (TPSA) is 89.2 Å². The fourth-order valence-electron chi connectivity index (χ4n) is 4.11. The zero-order chi connectivity index (χ0) is 22.2. The Kier molecular flexibility index (Phi) is 5.24. The number of nitrogens with two attached hydrogens (primary N) is 2. The number of guanidine groups is 2. The fourth-order valence-corrected chi connectivity index (χ4v) is 4.11. The normalized spacial score (nSPS) is 18.5. The predicted octanol–water partition coefficient (Wildman–Crippen LogP) is 4.75. The van der Waals surface area contributed by atoms with Crippen molar-refractivity contribution in [2.24, 2.45) is 21.5 Å². The van der Waals surface area contributed by atoms with E-state index < -0.39 is 23.2 Å². The maximum atomic E-state index is 14.1. The van der Waals surface area contributed by atoms with Crippen LogP contribution in [0.15, 0.2) is 52.4 Å². The molecule has 0 radical (unpaired) electrons. The van der Waals surface area contributed by atoms with Gasteiger partial charge in [0.15, 0.2) is 0 Å². The molecule has 1 aliphatic heterocycles. The molecular weight excluding hydrogens is 414 g/mol. The van der Waals surface area contributed by atoms with E-state index >= 15 is 0 Å². The molecule has 4 rings (SSSR count). The number of nitrogens with zero attached hydrogens (tertiary/aromatic N) is 3. The van der Waals surface area contributed by atoms with Crippen LogP contribution in [-0.4, -0.2) is 17.6 Å². The maximum Gasteiger partial charge on any atom is 0.418 e. The van der Waals surface area contributed by atoms with E-state index in [2.05, 4.69) is 9.98 Å². The lowest BCUT2D eigenvalue weighted by molar-refractivity contribution is -0.137. The summed E-state index contributed by atoms with van der Waals surface area (Å²) in [6, 6.07) is 8.57. The van der Waals surface area contributed by atoms with Crippen molar-refractivity contribution < 1.29 is 22.3 Å². The third-order valence-corrected chi connectivity index (χ3v) is 5.42. The number of ether oxygens (including phenoxy) is 1. The molecule has 1 spiro atoms. The van der Waals surface area contributed by atoms with Crippen molar-refractivity contribution in [3.8, 4) is 11.5 Å². The van der Waals surface area contributed by atoms with Crippen LogP contribution >= 0.6 is 0 Å². The first-order chi connectivity index (χ1) is 14.7. The lowest BCUT2D eigenvalue weighted by Crippen LogP contribution is -2.58. The van der Waals surface area contributed by atoms with Crippen molar-refractivity contribution in [2.45, 2.75) is 43.9 Å². The molecule has 0 aromatic heterocycles. The number of halogens is 4. The van der Waals surface area contributed by atoms with Crippen molar-refractivity contribution >= 4 is 17.6 Å². The summed E-state index contributed by atoms with van der Waals surface area (Å²) < 4.78 is 60.8. The Balaban J connectivity index is 1.78. The Hall–Kier alpha value is -3.30. The first-order valence-electron chi connectivity index (χ1n) is 9.82. The molecule has 2 aliphatic rings. The second-order valence-electron chi connectivity index (χ2n) is 7.55. The molecule has 1 aliphatic carbocycles. The van der Waals surface area contributed by atoms with E-state index in [0.29, 0.717) is 12.8 Å². The molecule has 10 heteroatoms. The van der Waals surface area contributed by atoms with Crippen LogP contribution in [0.3, 0.4) is 0 Å². The van der Waals surface area contributed by atoms with Crippen LogP contribution in [0.1, 0.15) is 37.7 Å². The second kappa shape index (κ2) is 7.75. The van der Waals surface area contributed by atoms with Crippen LogP contribution in [0.2, 0.25) is 0 Å². The third kappa shape index (κ3) is 4.14. The third-order valence-electron chi connectivity index (χ3n) is 5.42. The summed E-state index contributed by atoms with van der Waals surface area (Å²) in [5.41, 5.74) is 9.76. The average molecular weight is 435 g/mol. The number of rotatable bonds is 3. The molecular formula is C21H21F4N5O. The number of benzene rings is 2. The Labute approximate surface area is 176 Å². The monoisotopic (exact) mass is 435 g/mol. The Morgan fingerprint density at radius 3 is 2.23 bits per heavy atom. The van der Waals surface area contributed by atoms with Gasteiger partial charge in [0.2, 0.25) is 11.9 Å². The molecule has 0 atom stereocenters. The highest BCUT2D eigenvalue weighted by atomic mass is 19.4. The molecule has 4 N–H and O–H groups in total. The van der Waals surface area contributed by atoms with Gasteiger partial charge in [-0.15, -0.1) is 0 Å². The first kappa shape index (κ1) is 21.0. The van der Waals surface area contributed by atoms with Crippen molar-refractivity contribution in [2.75, 3.05) is 4.90 Å². The van der Waals surface area contributed by atoms with Gasteiger partial charge in [-0.25, -0.2) is 9.38 Å². The van der Waals surface area contributed by atoms with E-state index in [1.807, 2.05) is 0 Å². The van der Waals surface area contributed by atoms with Crippen LogP contribution < -0.4 is 21.1 Å². The number of hydrogen-bond acceptors (Lipinski definition) is 6. The highest BCUT2D eigenvalue weighted by Gasteiger charge is 2.46. The number of alkyl halides is 3.